The third kappa shape index (κ3) is 5.51. The third-order valence-electron chi connectivity index (χ3n) is 1.81. The van der Waals surface area contributed by atoms with E-state index in [1.54, 1.807) is 12.1 Å². The van der Waals surface area contributed by atoms with Crippen LogP contribution in [-0.4, -0.2) is 17.8 Å². The van der Waals surface area contributed by atoms with Crippen molar-refractivity contribution in [2.75, 3.05) is 17.6 Å². The van der Waals surface area contributed by atoms with Gasteiger partial charge in [0.2, 0.25) is 0 Å². The molecular weight excluding hydrogens is 259 g/mol. The molecule has 1 N–H and O–H groups in total. The maximum Gasteiger partial charge on any atom is 0.441 e. The highest BCUT2D eigenvalue weighted by Gasteiger charge is 2.27. The fraction of sp³-hybridized carbons (Fsp3) is 0.400. The molecule has 0 bridgehead atoms. The van der Waals surface area contributed by atoms with E-state index in [-0.39, 0.29) is 24.1 Å². The van der Waals surface area contributed by atoms with Gasteiger partial charge in [-0.25, -0.2) is 0 Å². The lowest BCUT2D eigenvalue weighted by Crippen LogP contribution is -2.09. The van der Waals surface area contributed by atoms with Crippen LogP contribution in [0.4, 0.5) is 18.9 Å². The van der Waals surface area contributed by atoms with E-state index in [2.05, 4.69) is 5.32 Å². The third-order valence-corrected chi connectivity index (χ3v) is 2.85. The van der Waals surface area contributed by atoms with Gasteiger partial charge in [-0.2, -0.15) is 13.2 Å². The molecule has 0 unspecified atom stereocenters. The lowest BCUT2D eigenvalue weighted by molar-refractivity contribution is -0.0327. The number of thioether (sulfide) groups is 1. The van der Waals surface area contributed by atoms with Gasteiger partial charge in [0, 0.05) is 23.9 Å². The summed E-state index contributed by atoms with van der Waals surface area (Å²) in [5.74, 6) is 0.435. The number of anilines is 1. The number of halogens is 4. The molecule has 0 aliphatic heterocycles. The summed E-state index contributed by atoms with van der Waals surface area (Å²) in [6, 6.07) is 7.28. The molecule has 0 saturated heterocycles. The van der Waals surface area contributed by atoms with Crippen LogP contribution >= 0.6 is 23.4 Å². The zero-order chi connectivity index (χ0) is 12.0. The smallest absolute Gasteiger partial charge is 0.384 e. The molecule has 1 aromatic rings. The molecule has 0 aliphatic carbocycles. The first-order valence-electron chi connectivity index (χ1n) is 4.61. The van der Waals surface area contributed by atoms with E-state index in [0.717, 1.165) is 11.3 Å². The molecule has 0 spiro atoms. The van der Waals surface area contributed by atoms with Crippen molar-refractivity contribution < 1.29 is 13.2 Å². The predicted molar refractivity (Wildman–Crippen MR) is 63.0 cm³/mol. The number of nitrogens with one attached hydrogen (secondary N) is 1. The van der Waals surface area contributed by atoms with Gasteiger partial charge < -0.3 is 5.32 Å². The molecule has 90 valence electrons. The van der Waals surface area contributed by atoms with Crippen LogP contribution in [-0.2, 0) is 5.88 Å². The predicted octanol–water partition coefficient (Wildman–Crippen LogP) is 4.09. The van der Waals surface area contributed by atoms with E-state index in [9.17, 15) is 13.2 Å². The summed E-state index contributed by atoms with van der Waals surface area (Å²) in [4.78, 5) is 0. The minimum absolute atomic E-state index is 0.000752. The second-order valence-corrected chi connectivity index (χ2v) is 4.48. The molecule has 0 radical (unpaired) electrons. The highest BCUT2D eigenvalue weighted by molar-refractivity contribution is 8.00. The first kappa shape index (κ1) is 13.5. The minimum Gasteiger partial charge on any atom is -0.384 e. The zero-order valence-corrected chi connectivity index (χ0v) is 9.92. The van der Waals surface area contributed by atoms with Crippen LogP contribution in [0.2, 0.25) is 0 Å². The van der Waals surface area contributed by atoms with Gasteiger partial charge in [-0.15, -0.1) is 11.6 Å². The number of hydrogen-bond donors (Lipinski definition) is 1. The number of rotatable bonds is 5. The highest BCUT2D eigenvalue weighted by atomic mass is 35.5. The van der Waals surface area contributed by atoms with E-state index in [0.29, 0.717) is 5.88 Å². The van der Waals surface area contributed by atoms with Crippen LogP contribution in [0, 0.1) is 0 Å². The van der Waals surface area contributed by atoms with Gasteiger partial charge in [-0.3, -0.25) is 0 Å². The van der Waals surface area contributed by atoms with Crippen LogP contribution in [0.1, 0.15) is 5.56 Å². The van der Waals surface area contributed by atoms with Crippen LogP contribution in [0.15, 0.2) is 24.3 Å². The topological polar surface area (TPSA) is 12.0 Å². The summed E-state index contributed by atoms with van der Waals surface area (Å²) in [6.45, 7) is 0.282. The van der Waals surface area contributed by atoms with Crippen LogP contribution in [0.3, 0.4) is 0 Å². The second kappa shape index (κ2) is 6.25. The van der Waals surface area contributed by atoms with Crippen LogP contribution < -0.4 is 5.32 Å². The molecule has 0 heterocycles. The van der Waals surface area contributed by atoms with Crippen LogP contribution in [0.5, 0.6) is 0 Å². The Balaban J connectivity index is 2.27. The first-order chi connectivity index (χ1) is 7.51. The van der Waals surface area contributed by atoms with Crippen molar-refractivity contribution in [3.8, 4) is 0 Å². The number of alkyl halides is 4. The molecular formula is C10H11ClF3NS. The molecule has 0 aliphatic rings. The molecule has 0 atom stereocenters. The molecule has 0 aromatic heterocycles. The minimum atomic E-state index is -4.15. The molecule has 0 saturated carbocycles. The van der Waals surface area contributed by atoms with Crippen molar-refractivity contribution in [2.45, 2.75) is 11.4 Å². The standard InChI is InChI=1S/C10H11ClF3NS/c11-7-8-1-3-9(4-2-8)15-5-6-16-10(12,13)14/h1-4,15H,5-7H2. The highest BCUT2D eigenvalue weighted by Crippen LogP contribution is 2.29. The normalized spacial score (nSPS) is 11.5. The lowest BCUT2D eigenvalue weighted by Gasteiger charge is -2.08. The molecule has 1 nitrogen and oxygen atoms in total. The fourth-order valence-electron chi connectivity index (χ4n) is 1.07. The Hall–Kier alpha value is -0.550. The lowest BCUT2D eigenvalue weighted by atomic mass is 10.2. The van der Waals surface area contributed by atoms with Crippen molar-refractivity contribution in [1.82, 2.24) is 0 Å². The summed E-state index contributed by atoms with van der Waals surface area (Å²) in [6.07, 6.45) is 0. The van der Waals surface area contributed by atoms with Crippen molar-refractivity contribution in [3.05, 3.63) is 29.8 Å². The quantitative estimate of drug-likeness (QED) is 0.638. The van der Waals surface area contributed by atoms with Gasteiger partial charge in [0.05, 0.1) is 0 Å². The summed E-state index contributed by atoms with van der Waals surface area (Å²) < 4.78 is 35.4. The zero-order valence-electron chi connectivity index (χ0n) is 8.35. The van der Waals surface area contributed by atoms with Gasteiger partial charge >= 0.3 is 5.51 Å². The monoisotopic (exact) mass is 269 g/mol. The van der Waals surface area contributed by atoms with Crippen molar-refractivity contribution in [2.24, 2.45) is 0 Å². The fourth-order valence-corrected chi connectivity index (χ4v) is 1.69. The number of benzene rings is 1. The van der Waals surface area contributed by atoms with Gasteiger partial charge in [0.15, 0.2) is 0 Å². The first-order valence-corrected chi connectivity index (χ1v) is 6.13. The molecule has 16 heavy (non-hydrogen) atoms. The van der Waals surface area contributed by atoms with E-state index < -0.39 is 5.51 Å². The number of hydrogen-bond acceptors (Lipinski definition) is 2. The Morgan fingerprint density at radius 1 is 1.19 bits per heavy atom. The maximum atomic E-state index is 11.8. The molecule has 0 amide bonds. The molecule has 1 rings (SSSR count). The summed E-state index contributed by atoms with van der Waals surface area (Å²) in [5, 5.41) is 2.90. The maximum absolute atomic E-state index is 11.8. The SMILES string of the molecule is FC(F)(F)SCCNc1ccc(CCl)cc1. The Bertz CT molecular complexity index is 313. The van der Waals surface area contributed by atoms with E-state index in [1.807, 2.05) is 12.1 Å². The van der Waals surface area contributed by atoms with Crippen molar-refractivity contribution in [1.29, 1.82) is 0 Å². The largest absolute Gasteiger partial charge is 0.441 e. The second-order valence-electron chi connectivity index (χ2n) is 3.05. The van der Waals surface area contributed by atoms with Gasteiger partial charge in [-0.1, -0.05) is 12.1 Å². The van der Waals surface area contributed by atoms with Gasteiger partial charge in [0.25, 0.3) is 0 Å². The van der Waals surface area contributed by atoms with E-state index >= 15 is 0 Å². The van der Waals surface area contributed by atoms with Gasteiger partial charge in [0.1, 0.15) is 0 Å². The van der Waals surface area contributed by atoms with Crippen molar-refractivity contribution >= 4 is 29.1 Å². The Labute approximate surface area is 101 Å². The average molecular weight is 270 g/mol. The average Bonchev–Trinajstić information content (AvgIpc) is 2.24. The summed E-state index contributed by atoms with van der Waals surface area (Å²) in [5.41, 5.74) is -2.36. The molecule has 0 fully saturated rings. The Kier molecular flexibility index (Phi) is 5.28. The van der Waals surface area contributed by atoms with Gasteiger partial charge in [-0.05, 0) is 29.5 Å². The van der Waals surface area contributed by atoms with E-state index in [4.69, 9.17) is 11.6 Å². The summed E-state index contributed by atoms with van der Waals surface area (Å²) in [7, 11) is 0. The molecule has 1 aromatic carbocycles. The van der Waals surface area contributed by atoms with Crippen LogP contribution in [0.25, 0.3) is 0 Å². The van der Waals surface area contributed by atoms with E-state index in [1.165, 1.54) is 0 Å². The van der Waals surface area contributed by atoms with Crippen molar-refractivity contribution in [3.63, 3.8) is 0 Å². The summed E-state index contributed by atoms with van der Waals surface area (Å²) >= 11 is 5.58. The Morgan fingerprint density at radius 3 is 2.31 bits per heavy atom. The Morgan fingerprint density at radius 2 is 1.81 bits per heavy atom. The molecule has 6 heteroatoms.